The second kappa shape index (κ2) is 6.94. The predicted octanol–water partition coefficient (Wildman–Crippen LogP) is 3.96. The third-order valence-corrected chi connectivity index (χ3v) is 4.11. The summed E-state index contributed by atoms with van der Waals surface area (Å²) in [7, 11) is 0. The van der Waals surface area contributed by atoms with Crippen molar-refractivity contribution in [1.29, 1.82) is 0 Å². The number of nitrogens with one attached hydrogen (secondary N) is 3. The van der Waals surface area contributed by atoms with Crippen molar-refractivity contribution in [3.63, 3.8) is 0 Å². The predicted molar refractivity (Wildman–Crippen MR) is 93.4 cm³/mol. The van der Waals surface area contributed by atoms with Gasteiger partial charge in [-0.25, -0.2) is 14.2 Å². The molecule has 1 atom stereocenters. The van der Waals surface area contributed by atoms with Crippen LogP contribution in [0.3, 0.4) is 0 Å². The van der Waals surface area contributed by atoms with Crippen LogP contribution in [0.1, 0.15) is 24.4 Å². The molecule has 0 saturated carbocycles. The average molecular weight is 363 g/mol. The van der Waals surface area contributed by atoms with Crippen molar-refractivity contribution in [1.82, 2.24) is 19.7 Å². The lowest BCUT2D eigenvalue weighted by molar-refractivity contribution is 0.262. The van der Waals surface area contributed by atoms with Crippen molar-refractivity contribution in [3.05, 3.63) is 59.0 Å². The first-order valence-electron chi connectivity index (χ1n) is 7.51. The molecule has 0 aliphatic carbocycles. The molecule has 0 aliphatic heterocycles. The molecule has 0 radical (unpaired) electrons. The number of benzene rings is 1. The van der Waals surface area contributed by atoms with Crippen LogP contribution in [0.25, 0.3) is 0 Å². The van der Waals surface area contributed by atoms with Crippen molar-refractivity contribution in [2.24, 2.45) is 0 Å². The number of aromatic amines is 1. The van der Waals surface area contributed by atoms with Crippen molar-refractivity contribution >= 4 is 29.1 Å². The second-order valence-electron chi connectivity index (χ2n) is 5.47. The molecule has 2 aromatic heterocycles. The molecule has 3 rings (SSSR count). The van der Waals surface area contributed by atoms with Crippen LogP contribution >= 0.6 is 11.6 Å². The highest BCUT2D eigenvalue weighted by Crippen LogP contribution is 2.31. The van der Waals surface area contributed by atoms with Gasteiger partial charge in [-0.3, -0.25) is 10.4 Å². The zero-order valence-corrected chi connectivity index (χ0v) is 14.3. The summed E-state index contributed by atoms with van der Waals surface area (Å²) in [5.74, 6) is 0.576. The Hall–Kier alpha value is -2.87. The van der Waals surface area contributed by atoms with Gasteiger partial charge in [0.2, 0.25) is 0 Å². The molecule has 2 amide bonds. The lowest BCUT2D eigenvalue weighted by Crippen LogP contribution is -2.21. The monoisotopic (exact) mass is 362 g/mol. The highest BCUT2D eigenvalue weighted by Gasteiger charge is 2.17. The van der Waals surface area contributed by atoms with Gasteiger partial charge < -0.3 is 9.88 Å². The second-order valence-corrected chi connectivity index (χ2v) is 5.87. The fourth-order valence-corrected chi connectivity index (χ4v) is 2.77. The van der Waals surface area contributed by atoms with E-state index >= 15 is 0 Å². The Kier molecular flexibility index (Phi) is 4.71. The van der Waals surface area contributed by atoms with Crippen LogP contribution in [-0.4, -0.2) is 25.8 Å². The number of H-pyrrole nitrogens is 1. The minimum atomic E-state index is -0.628. The summed E-state index contributed by atoms with van der Waals surface area (Å²) in [6, 6.07) is 3.76. The summed E-state index contributed by atoms with van der Waals surface area (Å²) in [6.07, 6.45) is 4.98. The van der Waals surface area contributed by atoms with Crippen LogP contribution in [0.2, 0.25) is 5.02 Å². The number of rotatable bonds is 4. The summed E-state index contributed by atoms with van der Waals surface area (Å²) in [5.41, 5.74) is 0.583. The van der Waals surface area contributed by atoms with E-state index in [0.29, 0.717) is 11.4 Å². The number of aryl methyl sites for hydroxylation is 1. The molecule has 1 aromatic carbocycles. The highest BCUT2D eigenvalue weighted by molar-refractivity contribution is 6.34. The highest BCUT2D eigenvalue weighted by atomic mass is 35.5. The Morgan fingerprint density at radius 1 is 1.36 bits per heavy atom. The van der Waals surface area contributed by atoms with E-state index in [4.69, 9.17) is 11.6 Å². The molecule has 9 heteroatoms. The Morgan fingerprint density at radius 2 is 2.16 bits per heavy atom. The largest absolute Gasteiger partial charge is 0.328 e. The topological polar surface area (TPSA) is 87.6 Å². The molecule has 0 bridgehead atoms. The number of carbonyl (C=O) groups is 1. The van der Waals surface area contributed by atoms with E-state index in [1.165, 1.54) is 12.3 Å². The number of hydrogen-bond donors (Lipinski definition) is 3. The number of nitrogens with zero attached hydrogens (tertiary/aromatic N) is 3. The maximum Gasteiger partial charge on any atom is 0.324 e. The minimum absolute atomic E-state index is 0.0861. The van der Waals surface area contributed by atoms with E-state index in [2.05, 4.69) is 25.8 Å². The molecule has 0 spiro atoms. The van der Waals surface area contributed by atoms with E-state index in [0.717, 1.165) is 5.82 Å². The van der Waals surface area contributed by atoms with Crippen LogP contribution in [0.15, 0.2) is 36.8 Å². The third kappa shape index (κ3) is 3.63. The smallest absolute Gasteiger partial charge is 0.324 e. The van der Waals surface area contributed by atoms with E-state index in [9.17, 15) is 9.18 Å². The quantitative estimate of drug-likeness (QED) is 0.656. The van der Waals surface area contributed by atoms with Gasteiger partial charge >= 0.3 is 6.03 Å². The van der Waals surface area contributed by atoms with Crippen molar-refractivity contribution in [3.8, 4) is 0 Å². The van der Waals surface area contributed by atoms with E-state index < -0.39 is 11.8 Å². The first-order chi connectivity index (χ1) is 12.0. The number of anilines is 2. The van der Waals surface area contributed by atoms with Gasteiger partial charge in [-0.1, -0.05) is 11.6 Å². The van der Waals surface area contributed by atoms with Crippen molar-refractivity contribution in [2.45, 2.75) is 19.9 Å². The molecule has 2 heterocycles. The summed E-state index contributed by atoms with van der Waals surface area (Å²) < 4.78 is 16.4. The Morgan fingerprint density at radius 3 is 2.76 bits per heavy atom. The van der Waals surface area contributed by atoms with Crippen LogP contribution in [0.4, 0.5) is 20.7 Å². The summed E-state index contributed by atoms with van der Waals surface area (Å²) in [6.45, 7) is 3.78. The van der Waals surface area contributed by atoms with Gasteiger partial charge in [-0.15, -0.1) is 0 Å². The first kappa shape index (κ1) is 17.0. The molecule has 7 nitrogen and oxygen atoms in total. The fraction of sp³-hybridized carbons (Fsp3) is 0.188. The van der Waals surface area contributed by atoms with Gasteiger partial charge in [0.05, 0.1) is 22.9 Å². The van der Waals surface area contributed by atoms with Gasteiger partial charge in [-0.05, 0) is 31.5 Å². The number of imidazole rings is 1. The zero-order chi connectivity index (χ0) is 18.0. The van der Waals surface area contributed by atoms with Gasteiger partial charge in [-0.2, -0.15) is 5.10 Å². The number of hydrogen-bond acceptors (Lipinski definition) is 3. The van der Waals surface area contributed by atoms with E-state index in [1.54, 1.807) is 18.3 Å². The Balaban J connectivity index is 1.80. The van der Waals surface area contributed by atoms with Gasteiger partial charge in [0.1, 0.15) is 17.5 Å². The molecule has 3 N–H and O–H groups in total. The molecule has 0 aliphatic rings. The molecule has 0 fully saturated rings. The molecule has 130 valence electrons. The molecule has 0 unspecified atom stereocenters. The Bertz CT molecular complexity index is 869. The van der Waals surface area contributed by atoms with Crippen LogP contribution in [0.5, 0.6) is 0 Å². The van der Waals surface area contributed by atoms with Crippen LogP contribution in [0, 0.1) is 12.7 Å². The maximum atomic E-state index is 14.5. The van der Waals surface area contributed by atoms with Crippen molar-refractivity contribution in [2.75, 3.05) is 10.6 Å². The fourth-order valence-electron chi connectivity index (χ4n) is 2.50. The summed E-state index contributed by atoms with van der Waals surface area (Å²) in [4.78, 5) is 16.1. The molecule has 3 aromatic rings. The molecule has 25 heavy (non-hydrogen) atoms. The van der Waals surface area contributed by atoms with Crippen LogP contribution in [-0.2, 0) is 0 Å². The molecular formula is C16H16ClFN6O. The lowest BCUT2D eigenvalue weighted by Gasteiger charge is -2.18. The van der Waals surface area contributed by atoms with Gasteiger partial charge in [0, 0.05) is 18.5 Å². The van der Waals surface area contributed by atoms with Gasteiger partial charge in [0.15, 0.2) is 0 Å². The third-order valence-electron chi connectivity index (χ3n) is 3.81. The van der Waals surface area contributed by atoms with Crippen LogP contribution < -0.4 is 10.6 Å². The number of aromatic nitrogens is 4. The maximum absolute atomic E-state index is 14.5. The first-order valence-corrected chi connectivity index (χ1v) is 7.89. The van der Waals surface area contributed by atoms with E-state index in [-0.39, 0.29) is 16.8 Å². The normalized spacial score (nSPS) is 12.0. The zero-order valence-electron chi connectivity index (χ0n) is 13.5. The number of urea groups is 1. The van der Waals surface area contributed by atoms with Crippen molar-refractivity contribution < 1.29 is 9.18 Å². The standard InChI is InChI=1S/C16H16ClFN6O/c1-9(24-6-5-19-10(24)2)11-7-12(17)15(13(18)8-11)22-16(25)21-14-3-4-20-23-14/h3-9H,1-2H3,(H3,20,21,22,23,25)/t9-/m0/s1. The average Bonchev–Trinajstić information content (AvgIpc) is 3.21. The molecular weight excluding hydrogens is 347 g/mol. The minimum Gasteiger partial charge on any atom is -0.328 e. The van der Waals surface area contributed by atoms with E-state index in [1.807, 2.05) is 24.6 Å². The SMILES string of the molecule is Cc1nccn1[C@@H](C)c1cc(F)c(NC(=O)Nc2ccn[nH]2)c(Cl)c1. The summed E-state index contributed by atoms with van der Waals surface area (Å²) >= 11 is 6.18. The number of carbonyl (C=O) groups excluding carboxylic acids is 1. The lowest BCUT2D eigenvalue weighted by atomic mass is 10.1. The summed E-state index contributed by atoms with van der Waals surface area (Å²) in [5, 5.41) is 11.3. The van der Waals surface area contributed by atoms with Gasteiger partial charge in [0.25, 0.3) is 0 Å². The Labute approximate surface area is 148 Å². The number of halogens is 2. The number of amides is 2. The molecule has 0 saturated heterocycles.